The van der Waals surface area contributed by atoms with E-state index in [4.69, 9.17) is 0 Å². The Morgan fingerprint density at radius 2 is 1.91 bits per heavy atom. The third kappa shape index (κ3) is 2.13. The van der Waals surface area contributed by atoms with Crippen molar-refractivity contribution in [3.8, 4) is 0 Å². The van der Waals surface area contributed by atoms with Crippen molar-refractivity contribution < 1.29 is 4.92 Å². The molecular weight excluding hydrogens is 182 g/mol. The van der Waals surface area contributed by atoms with Crippen LogP contribution in [-0.2, 0) is 11.7 Å². The average molecular weight is 186 g/mol. The van der Waals surface area contributed by atoms with Gasteiger partial charge >= 0.3 is 0 Å². The molecule has 0 aromatic heterocycles. The molecule has 0 amide bonds. The zero-order chi connectivity index (χ0) is 8.27. The van der Waals surface area contributed by atoms with E-state index in [0.29, 0.717) is 0 Å². The van der Waals surface area contributed by atoms with E-state index >= 15 is 0 Å². The summed E-state index contributed by atoms with van der Waals surface area (Å²) in [6.07, 6.45) is 0. The summed E-state index contributed by atoms with van der Waals surface area (Å²) in [7, 11) is 1.15. The number of nitro groups is 1. The standard InChI is InChI=1S/C6H5NO2S2/c8-7(9)5-1-3-6(11-10)4-2-5/h1-4,10H/p-1. The second kappa shape index (κ2) is 3.64. The summed E-state index contributed by atoms with van der Waals surface area (Å²) < 4.78 is 0. The van der Waals surface area contributed by atoms with Gasteiger partial charge in [0.2, 0.25) is 0 Å². The fraction of sp³-hybridized carbons (Fsp3) is 0. The minimum absolute atomic E-state index is 0.0952. The number of benzene rings is 1. The van der Waals surface area contributed by atoms with Crippen molar-refractivity contribution in [1.82, 2.24) is 0 Å². The van der Waals surface area contributed by atoms with Crippen LogP contribution in [0.1, 0.15) is 0 Å². The van der Waals surface area contributed by atoms with Crippen LogP contribution in [0.2, 0.25) is 0 Å². The van der Waals surface area contributed by atoms with Gasteiger partial charge in [-0.25, -0.2) is 0 Å². The maximum absolute atomic E-state index is 10.2. The van der Waals surface area contributed by atoms with Crippen molar-refractivity contribution >= 4 is 28.1 Å². The largest absolute Gasteiger partial charge is 0.714 e. The predicted octanol–water partition coefficient (Wildman–Crippen LogP) is 2.15. The molecule has 0 spiro atoms. The van der Waals surface area contributed by atoms with Gasteiger partial charge in [0.15, 0.2) is 0 Å². The van der Waals surface area contributed by atoms with Crippen molar-refractivity contribution in [3.63, 3.8) is 0 Å². The predicted molar refractivity (Wildman–Crippen MR) is 46.3 cm³/mol. The van der Waals surface area contributed by atoms with E-state index in [1.165, 1.54) is 12.1 Å². The average Bonchev–Trinajstić information content (AvgIpc) is 2.05. The van der Waals surface area contributed by atoms with E-state index < -0.39 is 4.92 Å². The lowest BCUT2D eigenvalue weighted by Crippen LogP contribution is -1.85. The van der Waals surface area contributed by atoms with E-state index in [0.717, 1.165) is 15.7 Å². The van der Waals surface area contributed by atoms with E-state index in [2.05, 4.69) is 11.7 Å². The summed E-state index contributed by atoms with van der Waals surface area (Å²) in [5.74, 6) is 0. The Bertz CT molecular complexity index is 260. The second-order valence-corrected chi connectivity index (χ2v) is 2.97. The third-order valence-corrected chi connectivity index (χ3v) is 2.19. The van der Waals surface area contributed by atoms with E-state index in [9.17, 15) is 10.1 Å². The molecule has 0 fully saturated rings. The van der Waals surface area contributed by atoms with Gasteiger partial charge in [-0.2, -0.15) is 0 Å². The lowest BCUT2D eigenvalue weighted by atomic mass is 10.3. The molecule has 5 heteroatoms. The summed E-state index contributed by atoms with van der Waals surface area (Å²) in [4.78, 5) is 10.6. The van der Waals surface area contributed by atoms with E-state index in [-0.39, 0.29) is 5.69 Å². The van der Waals surface area contributed by atoms with Crippen LogP contribution in [0.15, 0.2) is 29.2 Å². The summed E-state index contributed by atoms with van der Waals surface area (Å²) in [6.45, 7) is 0. The molecule has 0 N–H and O–H groups in total. The number of rotatable bonds is 2. The molecule has 0 unspecified atom stereocenters. The van der Waals surface area contributed by atoms with Crippen LogP contribution in [0, 0.1) is 10.1 Å². The summed E-state index contributed by atoms with van der Waals surface area (Å²) in [6, 6.07) is 6.15. The molecule has 0 radical (unpaired) electrons. The summed E-state index contributed by atoms with van der Waals surface area (Å²) in [5.41, 5.74) is 0.0952. The Labute approximate surface area is 72.8 Å². The quantitative estimate of drug-likeness (QED) is 0.307. The number of nitro benzene ring substituents is 1. The highest BCUT2D eigenvalue weighted by Gasteiger charge is 2.01. The van der Waals surface area contributed by atoms with E-state index in [1.54, 1.807) is 12.1 Å². The Balaban J connectivity index is 2.91. The van der Waals surface area contributed by atoms with Crippen LogP contribution in [-0.4, -0.2) is 4.92 Å². The highest BCUT2D eigenvalue weighted by Crippen LogP contribution is 2.18. The molecule has 0 saturated carbocycles. The molecule has 11 heavy (non-hydrogen) atoms. The molecule has 1 aromatic carbocycles. The number of hydrogen-bond donors (Lipinski definition) is 0. The van der Waals surface area contributed by atoms with Gasteiger partial charge in [-0.05, 0) is 17.0 Å². The van der Waals surface area contributed by atoms with Crippen LogP contribution in [0.3, 0.4) is 0 Å². The Hall–Kier alpha value is -0.680. The highest BCUT2D eigenvalue weighted by molar-refractivity contribution is 8.59. The van der Waals surface area contributed by atoms with Gasteiger partial charge in [0.1, 0.15) is 0 Å². The first-order chi connectivity index (χ1) is 5.24. The van der Waals surface area contributed by atoms with Crippen LogP contribution in [0.4, 0.5) is 5.69 Å². The van der Waals surface area contributed by atoms with Gasteiger partial charge in [0.05, 0.1) is 4.92 Å². The molecule has 0 aliphatic carbocycles. The van der Waals surface area contributed by atoms with Gasteiger partial charge in [0.25, 0.3) is 5.69 Å². The molecule has 0 aliphatic heterocycles. The fourth-order valence-electron chi connectivity index (χ4n) is 0.623. The molecule has 1 aromatic rings. The Morgan fingerprint density at radius 3 is 2.27 bits per heavy atom. The van der Waals surface area contributed by atoms with Crippen LogP contribution >= 0.6 is 10.8 Å². The van der Waals surface area contributed by atoms with Crippen molar-refractivity contribution in [1.29, 1.82) is 0 Å². The number of hydrogen-bond acceptors (Lipinski definition) is 4. The first kappa shape index (κ1) is 8.42. The van der Waals surface area contributed by atoms with Crippen LogP contribution < -0.4 is 0 Å². The molecule has 0 atom stereocenters. The SMILES string of the molecule is O=[N+]([O-])c1ccc(S[S-])cc1. The van der Waals surface area contributed by atoms with Crippen molar-refractivity contribution in [2.45, 2.75) is 4.90 Å². The monoisotopic (exact) mass is 186 g/mol. The zero-order valence-electron chi connectivity index (χ0n) is 5.39. The minimum Gasteiger partial charge on any atom is -0.714 e. The van der Waals surface area contributed by atoms with Crippen molar-refractivity contribution in [2.24, 2.45) is 0 Å². The summed E-state index contributed by atoms with van der Waals surface area (Å²) in [5, 5.41) is 10.2. The molecule has 0 bridgehead atoms. The molecule has 0 aliphatic rings. The highest BCUT2D eigenvalue weighted by atomic mass is 33.1. The normalized spacial score (nSPS) is 9.55. The summed E-state index contributed by atoms with van der Waals surface area (Å²) >= 11 is 4.67. The van der Waals surface area contributed by atoms with Crippen molar-refractivity contribution in [3.05, 3.63) is 34.4 Å². The smallest absolute Gasteiger partial charge is 0.269 e. The van der Waals surface area contributed by atoms with Gasteiger partial charge in [0, 0.05) is 12.1 Å². The lowest BCUT2D eigenvalue weighted by Gasteiger charge is -2.02. The van der Waals surface area contributed by atoms with Crippen LogP contribution in [0.25, 0.3) is 0 Å². The van der Waals surface area contributed by atoms with Gasteiger partial charge in [-0.3, -0.25) is 20.9 Å². The first-order valence-corrected chi connectivity index (χ1v) is 4.52. The molecular formula is C6H4NO2S2-. The van der Waals surface area contributed by atoms with Crippen LogP contribution in [0.5, 0.6) is 0 Å². The fourth-order valence-corrected chi connectivity index (χ4v) is 1.20. The van der Waals surface area contributed by atoms with Gasteiger partial charge in [-0.1, -0.05) is 0 Å². The molecule has 58 valence electrons. The Morgan fingerprint density at radius 1 is 1.36 bits per heavy atom. The van der Waals surface area contributed by atoms with E-state index in [1.807, 2.05) is 0 Å². The third-order valence-electron chi connectivity index (χ3n) is 1.14. The maximum atomic E-state index is 10.2. The maximum Gasteiger partial charge on any atom is 0.269 e. The Kier molecular flexibility index (Phi) is 2.78. The molecule has 3 nitrogen and oxygen atoms in total. The van der Waals surface area contributed by atoms with Crippen molar-refractivity contribution in [2.75, 3.05) is 0 Å². The lowest BCUT2D eigenvalue weighted by molar-refractivity contribution is -0.384. The number of non-ortho nitro benzene ring substituents is 1. The van der Waals surface area contributed by atoms with Gasteiger partial charge < -0.3 is 11.7 Å². The molecule has 0 heterocycles. The molecule has 0 saturated heterocycles. The first-order valence-electron chi connectivity index (χ1n) is 2.78. The van der Waals surface area contributed by atoms with Gasteiger partial charge in [-0.15, -0.1) is 0 Å². The topological polar surface area (TPSA) is 43.1 Å². The molecule has 1 rings (SSSR count). The minimum atomic E-state index is -0.433. The number of nitrogens with zero attached hydrogens (tertiary/aromatic N) is 1. The second-order valence-electron chi connectivity index (χ2n) is 1.83. The zero-order valence-corrected chi connectivity index (χ0v) is 7.02.